The quantitative estimate of drug-likeness (QED) is 0.803. The minimum absolute atomic E-state index is 0.115. The summed E-state index contributed by atoms with van der Waals surface area (Å²) in [4.78, 5) is 26.4. The molecule has 0 bridgehead atoms. The predicted octanol–water partition coefficient (Wildman–Crippen LogP) is 2.60. The van der Waals surface area contributed by atoms with Gasteiger partial charge < -0.3 is 19.2 Å². The highest BCUT2D eigenvalue weighted by molar-refractivity contribution is 5.95. The number of amides is 3. The molecule has 1 fully saturated rings. The molecule has 8 nitrogen and oxygen atoms in total. The molecule has 2 N–H and O–H groups in total. The number of fused-ring (bicyclic) bond motifs is 1. The second kappa shape index (κ2) is 9.00. The molecule has 0 saturated carbocycles. The summed E-state index contributed by atoms with van der Waals surface area (Å²) in [5.41, 5.74) is 1.10. The zero-order chi connectivity index (χ0) is 20.1. The molecule has 154 valence electrons. The molecule has 2 aliphatic rings. The molecule has 3 heterocycles. The SMILES string of the molecule is O=C(CN1CCC[C@H]1c1ccc2c(c1)OCCCO2)NC(=O)NCc1ccco1. The molecular formula is C21H25N3O5. The van der Waals surface area contributed by atoms with Gasteiger partial charge >= 0.3 is 6.03 Å². The van der Waals surface area contributed by atoms with Crippen LogP contribution in [0.15, 0.2) is 41.0 Å². The second-order valence-corrected chi connectivity index (χ2v) is 7.20. The molecule has 0 aliphatic carbocycles. The standard InChI is InChI=1S/C21H25N3O5/c25-20(23-21(26)22-13-16-4-2-9-27-16)14-24-8-1-5-17(24)15-6-7-18-19(12-15)29-11-3-10-28-18/h2,4,6-7,9,12,17H,1,3,5,8,10-11,13-14H2,(H2,22,23,25,26)/t17-/m0/s1. The first kappa shape index (κ1) is 19.3. The van der Waals surface area contributed by atoms with Crippen LogP contribution < -0.4 is 20.1 Å². The maximum Gasteiger partial charge on any atom is 0.321 e. The number of carbonyl (C=O) groups is 2. The van der Waals surface area contributed by atoms with Crippen LogP contribution in [0.4, 0.5) is 4.79 Å². The lowest BCUT2D eigenvalue weighted by atomic mass is 10.0. The molecule has 3 amide bonds. The van der Waals surface area contributed by atoms with E-state index in [0.29, 0.717) is 19.0 Å². The van der Waals surface area contributed by atoms with Crippen LogP contribution >= 0.6 is 0 Å². The molecule has 1 saturated heterocycles. The van der Waals surface area contributed by atoms with Gasteiger partial charge in [-0.1, -0.05) is 6.07 Å². The molecule has 4 rings (SSSR count). The minimum atomic E-state index is -0.530. The molecule has 29 heavy (non-hydrogen) atoms. The van der Waals surface area contributed by atoms with Gasteiger partial charge in [-0.15, -0.1) is 0 Å². The largest absolute Gasteiger partial charge is 0.490 e. The number of benzene rings is 1. The van der Waals surface area contributed by atoms with E-state index in [2.05, 4.69) is 15.5 Å². The van der Waals surface area contributed by atoms with Crippen molar-refractivity contribution in [1.29, 1.82) is 0 Å². The topological polar surface area (TPSA) is 93.0 Å². The molecule has 2 aromatic rings. The third-order valence-electron chi connectivity index (χ3n) is 5.12. The van der Waals surface area contributed by atoms with Gasteiger partial charge in [-0.2, -0.15) is 0 Å². The van der Waals surface area contributed by atoms with E-state index in [1.54, 1.807) is 12.1 Å². The van der Waals surface area contributed by atoms with Crippen LogP contribution in [-0.2, 0) is 11.3 Å². The van der Waals surface area contributed by atoms with Gasteiger partial charge in [0.15, 0.2) is 11.5 Å². The predicted molar refractivity (Wildman–Crippen MR) is 105 cm³/mol. The highest BCUT2D eigenvalue weighted by Crippen LogP contribution is 2.37. The zero-order valence-corrected chi connectivity index (χ0v) is 16.2. The Morgan fingerprint density at radius 2 is 1.97 bits per heavy atom. The Bertz CT molecular complexity index is 852. The third kappa shape index (κ3) is 4.89. The van der Waals surface area contributed by atoms with Crippen molar-refractivity contribution in [2.75, 3.05) is 26.3 Å². The van der Waals surface area contributed by atoms with Gasteiger partial charge in [0, 0.05) is 12.5 Å². The van der Waals surface area contributed by atoms with Gasteiger partial charge in [0.1, 0.15) is 5.76 Å². The first-order chi connectivity index (χ1) is 14.2. The lowest BCUT2D eigenvalue weighted by Gasteiger charge is -2.24. The van der Waals surface area contributed by atoms with E-state index in [4.69, 9.17) is 13.9 Å². The molecule has 0 spiro atoms. The van der Waals surface area contributed by atoms with E-state index < -0.39 is 6.03 Å². The summed E-state index contributed by atoms with van der Waals surface area (Å²) >= 11 is 0. The van der Waals surface area contributed by atoms with E-state index in [-0.39, 0.29) is 25.0 Å². The van der Waals surface area contributed by atoms with Crippen molar-refractivity contribution in [2.24, 2.45) is 0 Å². The number of nitrogens with zero attached hydrogens (tertiary/aromatic N) is 1. The molecule has 1 aromatic heterocycles. The van der Waals surface area contributed by atoms with Gasteiger partial charge in [-0.05, 0) is 49.2 Å². The summed E-state index contributed by atoms with van der Waals surface area (Å²) in [7, 11) is 0. The van der Waals surface area contributed by atoms with Crippen LogP contribution in [0.5, 0.6) is 11.5 Å². The summed E-state index contributed by atoms with van der Waals surface area (Å²) in [6.07, 6.45) is 4.35. The average molecular weight is 399 g/mol. The fraction of sp³-hybridized carbons (Fsp3) is 0.429. The van der Waals surface area contributed by atoms with Gasteiger partial charge in [0.2, 0.25) is 5.91 Å². The number of hydrogen-bond acceptors (Lipinski definition) is 6. The molecular weight excluding hydrogens is 374 g/mol. The van der Waals surface area contributed by atoms with Gasteiger partial charge in [0.25, 0.3) is 0 Å². The lowest BCUT2D eigenvalue weighted by molar-refractivity contribution is -0.121. The normalized spacial score (nSPS) is 18.8. The van der Waals surface area contributed by atoms with Crippen molar-refractivity contribution < 1.29 is 23.5 Å². The molecule has 8 heteroatoms. The van der Waals surface area contributed by atoms with Gasteiger partial charge in [-0.3, -0.25) is 15.0 Å². The average Bonchev–Trinajstić information content (AvgIpc) is 3.33. The number of furan rings is 1. The van der Waals surface area contributed by atoms with E-state index in [1.165, 1.54) is 6.26 Å². The number of carbonyl (C=O) groups excluding carboxylic acids is 2. The van der Waals surface area contributed by atoms with Crippen LogP contribution in [0, 0.1) is 0 Å². The second-order valence-electron chi connectivity index (χ2n) is 7.20. The first-order valence-corrected chi connectivity index (χ1v) is 9.93. The summed E-state index contributed by atoms with van der Waals surface area (Å²) in [6, 6.07) is 9.07. The maximum absolute atomic E-state index is 12.3. The zero-order valence-electron chi connectivity index (χ0n) is 16.2. The van der Waals surface area contributed by atoms with Crippen molar-refractivity contribution in [3.63, 3.8) is 0 Å². The van der Waals surface area contributed by atoms with Crippen LogP contribution in [-0.4, -0.2) is 43.1 Å². The summed E-state index contributed by atoms with van der Waals surface area (Å²) in [6.45, 7) is 2.49. The van der Waals surface area contributed by atoms with E-state index >= 15 is 0 Å². The summed E-state index contributed by atoms with van der Waals surface area (Å²) < 4.78 is 16.6. The Morgan fingerprint density at radius 1 is 1.10 bits per heavy atom. The molecule has 0 unspecified atom stereocenters. The van der Waals surface area contributed by atoms with Gasteiger partial charge in [0.05, 0.1) is 32.6 Å². The fourth-order valence-corrected chi connectivity index (χ4v) is 3.76. The van der Waals surface area contributed by atoms with Crippen molar-refractivity contribution in [2.45, 2.75) is 31.8 Å². The van der Waals surface area contributed by atoms with Crippen molar-refractivity contribution in [1.82, 2.24) is 15.5 Å². The monoisotopic (exact) mass is 399 g/mol. The molecule has 2 aliphatic heterocycles. The third-order valence-corrected chi connectivity index (χ3v) is 5.12. The van der Waals surface area contributed by atoms with Crippen LogP contribution in [0.3, 0.4) is 0 Å². The Hall–Kier alpha value is -3.00. The Balaban J connectivity index is 1.33. The van der Waals surface area contributed by atoms with Crippen molar-refractivity contribution >= 4 is 11.9 Å². The first-order valence-electron chi connectivity index (χ1n) is 9.93. The number of imide groups is 1. The fourth-order valence-electron chi connectivity index (χ4n) is 3.76. The number of likely N-dealkylation sites (tertiary alicyclic amines) is 1. The highest BCUT2D eigenvalue weighted by atomic mass is 16.5. The summed E-state index contributed by atoms with van der Waals surface area (Å²) in [5, 5.41) is 4.99. The smallest absolute Gasteiger partial charge is 0.321 e. The minimum Gasteiger partial charge on any atom is -0.490 e. The molecule has 0 radical (unpaired) electrons. The lowest BCUT2D eigenvalue weighted by Crippen LogP contribution is -2.44. The Kier molecular flexibility index (Phi) is 6.00. The van der Waals surface area contributed by atoms with E-state index in [1.807, 2.05) is 18.2 Å². The number of hydrogen-bond donors (Lipinski definition) is 2. The Morgan fingerprint density at radius 3 is 2.79 bits per heavy atom. The maximum atomic E-state index is 12.3. The molecule has 1 atom stereocenters. The molecule has 1 aromatic carbocycles. The highest BCUT2D eigenvalue weighted by Gasteiger charge is 2.29. The number of nitrogens with one attached hydrogen (secondary N) is 2. The van der Waals surface area contributed by atoms with Crippen molar-refractivity contribution in [3.8, 4) is 11.5 Å². The summed E-state index contributed by atoms with van der Waals surface area (Å²) in [5.74, 6) is 1.82. The van der Waals surface area contributed by atoms with Crippen molar-refractivity contribution in [3.05, 3.63) is 47.9 Å². The number of ether oxygens (including phenoxy) is 2. The van der Waals surface area contributed by atoms with E-state index in [0.717, 1.165) is 42.9 Å². The number of urea groups is 1. The van der Waals surface area contributed by atoms with E-state index in [9.17, 15) is 9.59 Å². The van der Waals surface area contributed by atoms with Crippen LogP contribution in [0.1, 0.15) is 36.6 Å². The van der Waals surface area contributed by atoms with Gasteiger partial charge in [-0.25, -0.2) is 4.79 Å². The van der Waals surface area contributed by atoms with Crippen LogP contribution in [0.2, 0.25) is 0 Å². The van der Waals surface area contributed by atoms with Crippen LogP contribution in [0.25, 0.3) is 0 Å². The number of rotatable bonds is 5. The Labute approximate surface area is 169 Å².